The molecule has 0 spiro atoms. The van der Waals surface area contributed by atoms with Crippen molar-refractivity contribution in [2.24, 2.45) is 0 Å². The summed E-state index contributed by atoms with van der Waals surface area (Å²) in [5.41, 5.74) is 4.22. The van der Waals surface area contributed by atoms with E-state index in [0.717, 1.165) is 0 Å². The highest BCUT2D eigenvalue weighted by Gasteiger charge is 2.28. The molecule has 0 bridgehead atoms. The van der Waals surface area contributed by atoms with Crippen molar-refractivity contribution in [3.8, 4) is 0 Å². The molecule has 0 fully saturated rings. The zero-order chi connectivity index (χ0) is 15.5. The smallest absolute Gasteiger partial charge is 0.0958 e. The lowest BCUT2D eigenvalue weighted by molar-refractivity contribution is 1.47. The average molecular weight is 300 g/mol. The van der Waals surface area contributed by atoms with E-state index in [0.29, 0.717) is 0 Å². The predicted molar refractivity (Wildman–Crippen MR) is 98.2 cm³/mol. The topological polar surface area (TPSA) is 0 Å². The summed E-state index contributed by atoms with van der Waals surface area (Å²) in [5, 5.41) is 0. The Morgan fingerprint density at radius 2 is 0.727 bits per heavy atom. The number of benzene rings is 3. The molecule has 3 aromatic rings. The molecule has 0 aliphatic rings. The van der Waals surface area contributed by atoms with Gasteiger partial charge in [-0.25, -0.2) is 0 Å². The summed E-state index contributed by atoms with van der Waals surface area (Å²) >= 11 is -1.43. The summed E-state index contributed by atoms with van der Waals surface area (Å²) < 4.78 is 4.60. The van der Waals surface area contributed by atoms with Crippen molar-refractivity contribution in [2.45, 2.75) is 20.8 Å². The lowest BCUT2D eigenvalue weighted by Crippen LogP contribution is -2.54. The summed E-state index contributed by atoms with van der Waals surface area (Å²) in [5.74, 6) is 0. The summed E-state index contributed by atoms with van der Waals surface area (Å²) in [7, 11) is 0. The van der Waals surface area contributed by atoms with Crippen LogP contribution in [0.25, 0.3) is 0 Å². The molecule has 0 aromatic heterocycles. The van der Waals surface area contributed by atoms with Gasteiger partial charge in [-0.2, -0.15) is 0 Å². The van der Waals surface area contributed by atoms with Crippen molar-refractivity contribution in [2.75, 3.05) is 0 Å². The van der Waals surface area contributed by atoms with E-state index in [4.69, 9.17) is 0 Å². The summed E-state index contributed by atoms with van der Waals surface area (Å²) in [6.45, 7) is 6.73. The van der Waals surface area contributed by atoms with Gasteiger partial charge in [0.15, 0.2) is 0 Å². The Labute approximate surface area is 137 Å². The molecule has 3 rings (SSSR count). The van der Waals surface area contributed by atoms with Crippen LogP contribution >= 0.6 is 0 Å². The predicted octanol–water partition coefficient (Wildman–Crippen LogP) is 3.13. The van der Waals surface area contributed by atoms with Crippen LogP contribution in [-0.2, 0) is 0 Å². The molecule has 0 atom stereocenters. The van der Waals surface area contributed by atoms with E-state index < -0.39 is 14.1 Å². The highest BCUT2D eigenvalue weighted by atomic mass is 27.2. The molecule has 0 N–H and O–H groups in total. The first-order valence-electron chi connectivity index (χ1n) is 7.85. The van der Waals surface area contributed by atoms with Crippen molar-refractivity contribution >= 4 is 27.4 Å². The standard InChI is InChI=1S/3C7H7.Al/c3*1-7-5-3-2-4-6-7;/h3*2-5H,1H3;. The van der Waals surface area contributed by atoms with E-state index in [9.17, 15) is 0 Å². The van der Waals surface area contributed by atoms with Gasteiger partial charge < -0.3 is 0 Å². The minimum absolute atomic E-state index is 1.41. The lowest BCUT2D eigenvalue weighted by Gasteiger charge is -2.19. The number of hydrogen-bond donors (Lipinski definition) is 0. The van der Waals surface area contributed by atoms with Gasteiger partial charge in [-0.05, 0) is 20.8 Å². The van der Waals surface area contributed by atoms with Crippen LogP contribution in [0.1, 0.15) is 16.7 Å². The third-order valence-electron chi connectivity index (χ3n) is 4.50. The Morgan fingerprint density at radius 1 is 0.455 bits per heavy atom. The summed E-state index contributed by atoms with van der Waals surface area (Å²) in [4.78, 5) is 0. The first-order chi connectivity index (χ1) is 10.7. The van der Waals surface area contributed by atoms with Crippen LogP contribution in [0.3, 0.4) is 0 Å². The van der Waals surface area contributed by atoms with Crippen molar-refractivity contribution in [1.29, 1.82) is 0 Å². The summed E-state index contributed by atoms with van der Waals surface area (Å²) in [6, 6.07) is 26.7. The fraction of sp³-hybridized carbons (Fsp3) is 0.143. The van der Waals surface area contributed by atoms with E-state index >= 15 is 0 Å². The molecule has 0 saturated carbocycles. The molecular weight excluding hydrogens is 279 g/mol. The number of rotatable bonds is 3. The van der Waals surface area contributed by atoms with Crippen molar-refractivity contribution in [3.05, 3.63) is 89.5 Å². The first kappa shape index (κ1) is 15.1. The highest BCUT2D eigenvalue weighted by Crippen LogP contribution is 2.05. The van der Waals surface area contributed by atoms with Crippen molar-refractivity contribution in [1.82, 2.24) is 0 Å². The molecule has 1 heteroatoms. The quantitative estimate of drug-likeness (QED) is 0.652. The second-order valence-corrected chi connectivity index (χ2v) is 8.73. The van der Waals surface area contributed by atoms with Gasteiger partial charge in [-0.1, -0.05) is 103 Å². The van der Waals surface area contributed by atoms with E-state index in [-0.39, 0.29) is 0 Å². The van der Waals surface area contributed by atoms with E-state index in [1.807, 2.05) is 0 Å². The lowest BCUT2D eigenvalue weighted by atomic mass is 10.2. The van der Waals surface area contributed by atoms with Gasteiger partial charge in [-0.3, -0.25) is 0 Å². The second kappa shape index (κ2) is 6.53. The Hall–Kier alpha value is -1.81. The molecule has 0 heterocycles. The fourth-order valence-corrected chi connectivity index (χ4v) is 6.81. The van der Waals surface area contributed by atoms with Gasteiger partial charge in [0.05, 0.1) is 0 Å². The van der Waals surface area contributed by atoms with E-state index in [1.165, 1.54) is 30.0 Å². The average Bonchev–Trinajstić information content (AvgIpc) is 2.53. The third-order valence-corrected chi connectivity index (χ3v) is 8.31. The number of hydrogen-bond acceptors (Lipinski definition) is 0. The summed E-state index contributed by atoms with van der Waals surface area (Å²) in [6.07, 6.45) is 0. The van der Waals surface area contributed by atoms with Gasteiger partial charge in [-0.15, -0.1) is 0 Å². The van der Waals surface area contributed by atoms with Crippen LogP contribution < -0.4 is 13.3 Å². The molecule has 108 valence electrons. The minimum atomic E-state index is -1.43. The van der Waals surface area contributed by atoms with Crippen molar-refractivity contribution in [3.63, 3.8) is 0 Å². The van der Waals surface area contributed by atoms with E-state index in [2.05, 4.69) is 93.6 Å². The molecule has 0 aliphatic heterocycles. The Balaban J connectivity index is 2.27. The van der Waals surface area contributed by atoms with Crippen LogP contribution in [0.2, 0.25) is 0 Å². The molecule has 22 heavy (non-hydrogen) atoms. The molecule has 0 aliphatic carbocycles. The van der Waals surface area contributed by atoms with Gasteiger partial charge in [0, 0.05) is 0 Å². The first-order valence-corrected chi connectivity index (χ1v) is 9.58. The Bertz CT molecular complexity index is 681. The van der Waals surface area contributed by atoms with Gasteiger partial charge >= 0.3 is 14.1 Å². The van der Waals surface area contributed by atoms with Crippen LogP contribution in [0.5, 0.6) is 0 Å². The Kier molecular flexibility index (Phi) is 4.48. The van der Waals surface area contributed by atoms with Gasteiger partial charge in [0.2, 0.25) is 0 Å². The maximum Gasteiger partial charge on any atom is 0.384 e. The maximum atomic E-state index is 2.32. The van der Waals surface area contributed by atoms with E-state index in [1.54, 1.807) is 0 Å². The second-order valence-electron chi connectivity index (χ2n) is 6.00. The molecule has 0 nitrogen and oxygen atoms in total. The largest absolute Gasteiger partial charge is 0.384 e. The molecular formula is C21H21Al. The zero-order valence-corrected chi connectivity index (χ0v) is 14.7. The third kappa shape index (κ3) is 2.88. The maximum absolute atomic E-state index is 2.32. The fourth-order valence-electron chi connectivity index (χ4n) is 3.23. The SMILES string of the molecule is Cc1cccc[c]1[Al]([c]1ccccc1C)[c]1ccccc1C. The molecule has 0 unspecified atom stereocenters. The highest BCUT2D eigenvalue weighted by molar-refractivity contribution is 6.96. The molecule has 0 saturated heterocycles. The Morgan fingerprint density at radius 3 is 1.00 bits per heavy atom. The van der Waals surface area contributed by atoms with Crippen LogP contribution in [0.4, 0.5) is 0 Å². The molecule has 3 aromatic carbocycles. The monoisotopic (exact) mass is 300 g/mol. The molecule has 0 radical (unpaired) electrons. The normalized spacial score (nSPS) is 10.5. The van der Waals surface area contributed by atoms with Gasteiger partial charge in [0.1, 0.15) is 0 Å². The van der Waals surface area contributed by atoms with Gasteiger partial charge in [0.25, 0.3) is 0 Å². The number of aryl methyl sites for hydroxylation is 3. The van der Waals surface area contributed by atoms with Crippen LogP contribution in [-0.4, -0.2) is 14.1 Å². The van der Waals surface area contributed by atoms with Crippen LogP contribution in [0.15, 0.2) is 72.8 Å². The minimum Gasteiger partial charge on any atom is -0.0958 e. The zero-order valence-electron chi connectivity index (χ0n) is 13.5. The molecule has 0 amide bonds. The van der Waals surface area contributed by atoms with Crippen molar-refractivity contribution < 1.29 is 0 Å². The van der Waals surface area contributed by atoms with Crippen LogP contribution in [0, 0.1) is 20.8 Å².